The first-order chi connectivity index (χ1) is 9.08. The number of nitrogens with zero attached hydrogens (tertiary/aromatic N) is 2. The molecule has 1 saturated heterocycles. The van der Waals surface area contributed by atoms with Crippen molar-refractivity contribution in [2.75, 3.05) is 26.7 Å². The molecule has 0 spiro atoms. The third kappa shape index (κ3) is 3.44. The molecule has 1 heterocycles. The quantitative estimate of drug-likeness (QED) is 0.761. The Morgan fingerprint density at radius 1 is 1.21 bits per heavy atom. The number of carbonyl (C=O) groups is 1. The Bertz CT molecular complexity index is 463. The van der Waals surface area contributed by atoms with Gasteiger partial charge >= 0.3 is 0 Å². The van der Waals surface area contributed by atoms with E-state index in [0.29, 0.717) is 0 Å². The van der Waals surface area contributed by atoms with Gasteiger partial charge in [0.25, 0.3) is 0 Å². The molecule has 2 rings (SSSR count). The number of benzene rings is 1. The Morgan fingerprint density at radius 2 is 1.89 bits per heavy atom. The molecule has 0 radical (unpaired) electrons. The van der Waals surface area contributed by atoms with Crippen molar-refractivity contribution in [1.29, 1.82) is 0 Å². The summed E-state index contributed by atoms with van der Waals surface area (Å²) in [5.41, 5.74) is 2.26. The molecule has 1 aromatic carbocycles. The van der Waals surface area contributed by atoms with Crippen molar-refractivity contribution in [1.82, 2.24) is 9.80 Å². The number of hydrogen-bond donors (Lipinski definition) is 0. The molecule has 0 bridgehead atoms. The predicted molar refractivity (Wildman–Crippen MR) is 77.8 cm³/mol. The van der Waals surface area contributed by atoms with E-state index >= 15 is 0 Å². The lowest BCUT2D eigenvalue weighted by Gasteiger charge is -2.40. The lowest BCUT2D eigenvalue weighted by molar-refractivity contribution is -0.130. The van der Waals surface area contributed by atoms with E-state index in [1.807, 2.05) is 36.9 Å². The van der Waals surface area contributed by atoms with Crippen LogP contribution in [0.2, 0.25) is 0 Å². The summed E-state index contributed by atoms with van der Waals surface area (Å²) in [7, 11) is 2.11. The number of amides is 1. The molecule has 1 aliphatic rings. The predicted octanol–water partition coefficient (Wildman–Crippen LogP) is 2.47. The monoisotopic (exact) mass is 258 g/mol. The van der Waals surface area contributed by atoms with Crippen LogP contribution >= 0.6 is 0 Å². The summed E-state index contributed by atoms with van der Waals surface area (Å²) in [6.45, 7) is 6.55. The van der Waals surface area contributed by atoms with Crippen LogP contribution in [0.1, 0.15) is 25.5 Å². The summed E-state index contributed by atoms with van der Waals surface area (Å²) in [4.78, 5) is 16.6. The molecule has 0 saturated carbocycles. The maximum atomic E-state index is 12.3. The van der Waals surface area contributed by atoms with Crippen molar-refractivity contribution >= 4 is 5.91 Å². The van der Waals surface area contributed by atoms with Crippen LogP contribution in [0.25, 0.3) is 0 Å². The van der Waals surface area contributed by atoms with Crippen LogP contribution in [0.5, 0.6) is 0 Å². The first-order valence-electron chi connectivity index (χ1n) is 6.77. The van der Waals surface area contributed by atoms with E-state index in [1.165, 1.54) is 5.56 Å². The fourth-order valence-electron chi connectivity index (χ4n) is 2.47. The maximum Gasteiger partial charge on any atom is 0.247 e. The fourth-order valence-corrected chi connectivity index (χ4v) is 2.47. The molecule has 1 aromatic rings. The minimum Gasteiger partial charge on any atom is -0.330 e. The van der Waals surface area contributed by atoms with Crippen molar-refractivity contribution in [3.8, 4) is 0 Å². The van der Waals surface area contributed by atoms with Gasteiger partial charge in [-0.2, -0.15) is 0 Å². The van der Waals surface area contributed by atoms with Gasteiger partial charge in [0, 0.05) is 25.7 Å². The van der Waals surface area contributed by atoms with Crippen LogP contribution in [0.3, 0.4) is 0 Å². The Morgan fingerprint density at radius 3 is 2.53 bits per heavy atom. The van der Waals surface area contributed by atoms with E-state index in [-0.39, 0.29) is 11.9 Å². The van der Waals surface area contributed by atoms with Crippen LogP contribution in [-0.4, -0.2) is 42.4 Å². The Balaban J connectivity index is 2.25. The lowest BCUT2D eigenvalue weighted by atomic mass is 10.0. The fraction of sp³-hybridized carbons (Fsp3) is 0.438. The molecule has 1 amide bonds. The van der Waals surface area contributed by atoms with Crippen LogP contribution in [-0.2, 0) is 4.79 Å². The Labute approximate surface area is 115 Å². The van der Waals surface area contributed by atoms with Gasteiger partial charge < -0.3 is 9.80 Å². The number of piperazine rings is 1. The van der Waals surface area contributed by atoms with Crippen molar-refractivity contribution in [2.24, 2.45) is 0 Å². The van der Waals surface area contributed by atoms with Crippen LogP contribution < -0.4 is 0 Å². The zero-order valence-electron chi connectivity index (χ0n) is 12.0. The number of allylic oxidation sites excluding steroid dienone is 1. The molecule has 3 heteroatoms. The molecule has 0 N–H and O–H groups in total. The maximum absolute atomic E-state index is 12.3. The van der Waals surface area contributed by atoms with E-state index < -0.39 is 0 Å². The van der Waals surface area contributed by atoms with Gasteiger partial charge in [-0.05, 0) is 26.5 Å². The van der Waals surface area contributed by atoms with Gasteiger partial charge in [-0.3, -0.25) is 4.79 Å². The standard InChI is InChI=1S/C16H22N2O/c1-13(2)11-16(19)18-10-9-17(3)12-15(18)14-7-5-4-6-8-14/h4-8,11,15H,9-10,12H2,1-3H3. The molecular formula is C16H22N2O. The minimum absolute atomic E-state index is 0.127. The van der Waals surface area contributed by atoms with Gasteiger partial charge in [0.2, 0.25) is 5.91 Å². The normalized spacial score (nSPS) is 20.2. The Kier molecular flexibility index (Phi) is 4.38. The molecule has 0 aliphatic carbocycles. The molecule has 102 valence electrons. The van der Waals surface area contributed by atoms with Crippen molar-refractivity contribution < 1.29 is 4.79 Å². The summed E-state index contributed by atoms with van der Waals surface area (Å²) >= 11 is 0. The second-order valence-electron chi connectivity index (χ2n) is 5.44. The minimum atomic E-state index is 0.127. The zero-order chi connectivity index (χ0) is 13.8. The van der Waals surface area contributed by atoms with Gasteiger partial charge in [-0.1, -0.05) is 35.9 Å². The summed E-state index contributed by atoms with van der Waals surface area (Å²) < 4.78 is 0. The molecule has 1 unspecified atom stereocenters. The van der Waals surface area contributed by atoms with Crippen LogP contribution in [0.15, 0.2) is 42.0 Å². The topological polar surface area (TPSA) is 23.6 Å². The van der Waals surface area contributed by atoms with Gasteiger partial charge in [-0.15, -0.1) is 0 Å². The third-order valence-electron chi connectivity index (χ3n) is 3.46. The zero-order valence-corrected chi connectivity index (χ0v) is 12.0. The van der Waals surface area contributed by atoms with Gasteiger partial charge in [0.05, 0.1) is 6.04 Å². The molecule has 3 nitrogen and oxygen atoms in total. The molecule has 1 aliphatic heterocycles. The average Bonchev–Trinajstić information content (AvgIpc) is 2.38. The number of carbonyl (C=O) groups excluding carboxylic acids is 1. The highest BCUT2D eigenvalue weighted by atomic mass is 16.2. The Hall–Kier alpha value is -1.61. The van der Waals surface area contributed by atoms with Crippen molar-refractivity contribution in [3.05, 3.63) is 47.5 Å². The van der Waals surface area contributed by atoms with E-state index in [4.69, 9.17) is 0 Å². The number of hydrogen-bond acceptors (Lipinski definition) is 2. The van der Waals surface area contributed by atoms with E-state index in [1.54, 1.807) is 6.08 Å². The van der Waals surface area contributed by atoms with Crippen LogP contribution in [0.4, 0.5) is 0 Å². The van der Waals surface area contributed by atoms with E-state index in [9.17, 15) is 4.79 Å². The first-order valence-corrected chi connectivity index (χ1v) is 6.77. The molecule has 0 aromatic heterocycles. The number of rotatable bonds is 2. The van der Waals surface area contributed by atoms with Crippen molar-refractivity contribution in [3.63, 3.8) is 0 Å². The van der Waals surface area contributed by atoms with E-state index in [2.05, 4.69) is 24.1 Å². The van der Waals surface area contributed by atoms with Gasteiger partial charge in [0.1, 0.15) is 0 Å². The van der Waals surface area contributed by atoms with Crippen molar-refractivity contribution in [2.45, 2.75) is 19.9 Å². The smallest absolute Gasteiger partial charge is 0.247 e. The van der Waals surface area contributed by atoms with Gasteiger partial charge in [0.15, 0.2) is 0 Å². The highest BCUT2D eigenvalue weighted by molar-refractivity contribution is 5.88. The largest absolute Gasteiger partial charge is 0.330 e. The second kappa shape index (κ2) is 6.02. The summed E-state index contributed by atoms with van der Waals surface area (Å²) in [5, 5.41) is 0. The average molecular weight is 258 g/mol. The SMILES string of the molecule is CC(C)=CC(=O)N1CCN(C)CC1c1ccccc1. The molecular weight excluding hydrogens is 236 g/mol. The van der Waals surface area contributed by atoms with Crippen LogP contribution in [0, 0.1) is 0 Å². The lowest BCUT2D eigenvalue weighted by Crippen LogP contribution is -2.48. The summed E-state index contributed by atoms with van der Waals surface area (Å²) in [6.07, 6.45) is 1.74. The highest BCUT2D eigenvalue weighted by Gasteiger charge is 2.28. The first kappa shape index (κ1) is 13.8. The van der Waals surface area contributed by atoms with E-state index in [0.717, 1.165) is 25.2 Å². The highest BCUT2D eigenvalue weighted by Crippen LogP contribution is 2.25. The summed E-state index contributed by atoms with van der Waals surface area (Å²) in [5.74, 6) is 0.127. The van der Waals surface area contributed by atoms with Gasteiger partial charge in [-0.25, -0.2) is 0 Å². The third-order valence-corrected chi connectivity index (χ3v) is 3.46. The second-order valence-corrected chi connectivity index (χ2v) is 5.44. The molecule has 1 atom stereocenters. The molecule has 19 heavy (non-hydrogen) atoms. The number of likely N-dealkylation sites (N-methyl/N-ethyl adjacent to an activating group) is 1. The summed E-state index contributed by atoms with van der Waals surface area (Å²) in [6, 6.07) is 10.4. The molecule has 1 fully saturated rings.